The number of aromatic carboxylic acids is 1. The number of carboxylic acid groups (broad SMARTS) is 1. The van der Waals surface area contributed by atoms with E-state index in [-0.39, 0.29) is 11.4 Å². The highest BCUT2D eigenvalue weighted by atomic mass is 32.1. The number of halogens is 1. The fraction of sp³-hybridized carbons (Fsp3) is 0. The number of para-hydroxylation sites is 1. The summed E-state index contributed by atoms with van der Waals surface area (Å²) >= 11 is 0.835. The molecule has 0 aliphatic rings. The van der Waals surface area contributed by atoms with E-state index in [1.54, 1.807) is 35.8 Å². The molecule has 0 unspecified atom stereocenters. The van der Waals surface area contributed by atoms with Gasteiger partial charge < -0.3 is 10.4 Å². The molecule has 5 heteroatoms. The van der Waals surface area contributed by atoms with Crippen molar-refractivity contribution in [1.82, 2.24) is 0 Å². The van der Waals surface area contributed by atoms with Crippen LogP contribution in [0.2, 0.25) is 0 Å². The molecule has 0 aromatic heterocycles. The topological polar surface area (TPSA) is 49.3 Å². The highest BCUT2D eigenvalue weighted by Gasteiger charge is 2.06. The van der Waals surface area contributed by atoms with Crippen molar-refractivity contribution in [1.29, 1.82) is 0 Å². The van der Waals surface area contributed by atoms with Crippen molar-refractivity contribution in [3.05, 3.63) is 59.9 Å². The molecule has 19 heavy (non-hydrogen) atoms. The standard InChI is InChI=1S/C14H12FNO2S/c15-10-5-7-11(8-6-10)19-9-16-13-4-2-1-3-12(13)14(17)18/h1-9,16,19H,(H,17,18). The predicted octanol–water partition coefficient (Wildman–Crippen LogP) is 3.22. The van der Waals surface area contributed by atoms with Crippen LogP contribution in [0.5, 0.6) is 0 Å². The van der Waals surface area contributed by atoms with Crippen molar-refractivity contribution < 1.29 is 14.3 Å². The highest BCUT2D eigenvalue weighted by molar-refractivity contribution is 7.97. The maximum atomic E-state index is 12.7. The molecule has 0 saturated heterocycles. The van der Waals surface area contributed by atoms with Crippen LogP contribution in [-0.4, -0.2) is 16.6 Å². The molecule has 0 aliphatic carbocycles. The summed E-state index contributed by atoms with van der Waals surface area (Å²) in [6.07, 6.45) is 0. The molecule has 0 aliphatic heterocycles. The second-order valence-corrected chi connectivity index (χ2v) is 4.76. The first kappa shape index (κ1) is 13.3. The van der Waals surface area contributed by atoms with Crippen molar-refractivity contribution in [2.24, 2.45) is 0 Å². The molecule has 2 aromatic carbocycles. The first-order valence-corrected chi connectivity index (χ1v) is 6.50. The van der Waals surface area contributed by atoms with Crippen molar-refractivity contribution in [3.8, 4) is 0 Å². The number of anilines is 1. The van der Waals surface area contributed by atoms with Crippen LogP contribution < -0.4 is 5.32 Å². The first-order chi connectivity index (χ1) is 9.16. The fourth-order valence-corrected chi connectivity index (χ4v) is 2.17. The Morgan fingerprint density at radius 1 is 1.16 bits per heavy atom. The molecule has 0 atom stereocenters. The van der Waals surface area contributed by atoms with E-state index in [0.717, 1.165) is 16.2 Å². The SMILES string of the molecule is O=C(O)c1ccccc1NC=[SH]c1ccc(F)cc1. The lowest BCUT2D eigenvalue weighted by Crippen LogP contribution is -2.03. The largest absolute Gasteiger partial charge is 0.478 e. The second-order valence-electron chi connectivity index (χ2n) is 3.73. The number of carbonyl (C=O) groups is 1. The zero-order chi connectivity index (χ0) is 13.7. The lowest BCUT2D eigenvalue weighted by atomic mass is 10.2. The minimum atomic E-state index is -0.977. The Balaban J connectivity index is 2.10. The lowest BCUT2D eigenvalue weighted by Gasteiger charge is -2.04. The summed E-state index contributed by atoms with van der Waals surface area (Å²) in [6, 6.07) is 12.8. The first-order valence-electron chi connectivity index (χ1n) is 5.54. The van der Waals surface area contributed by atoms with Gasteiger partial charge >= 0.3 is 5.97 Å². The number of hydrogen-bond donors (Lipinski definition) is 3. The minimum absolute atomic E-state index is 0.216. The molecule has 0 bridgehead atoms. The van der Waals surface area contributed by atoms with Gasteiger partial charge in [-0.3, -0.25) is 0 Å². The maximum absolute atomic E-state index is 12.7. The molecule has 2 N–H and O–H groups in total. The third kappa shape index (κ3) is 3.66. The zero-order valence-electron chi connectivity index (χ0n) is 9.88. The van der Waals surface area contributed by atoms with Gasteiger partial charge in [0.25, 0.3) is 0 Å². The highest BCUT2D eigenvalue weighted by Crippen LogP contribution is 2.15. The van der Waals surface area contributed by atoms with E-state index >= 15 is 0 Å². The zero-order valence-corrected chi connectivity index (χ0v) is 10.8. The van der Waals surface area contributed by atoms with Crippen LogP contribution >= 0.6 is 11.4 Å². The molecule has 0 fully saturated rings. The van der Waals surface area contributed by atoms with Gasteiger partial charge in [-0.2, -0.15) is 11.4 Å². The minimum Gasteiger partial charge on any atom is -0.478 e. The quantitative estimate of drug-likeness (QED) is 0.594. The molecular formula is C14H12FNO2S. The Hall–Kier alpha value is -2.14. The third-order valence-electron chi connectivity index (χ3n) is 2.42. The number of thiol groups is 1. The number of rotatable bonds is 4. The van der Waals surface area contributed by atoms with Crippen LogP contribution in [-0.2, 0) is 0 Å². The summed E-state index contributed by atoms with van der Waals surface area (Å²) in [5.74, 6) is -1.25. The molecule has 0 spiro atoms. The van der Waals surface area contributed by atoms with E-state index in [0.29, 0.717) is 5.69 Å². The molecule has 0 amide bonds. The molecular weight excluding hydrogens is 265 g/mol. The van der Waals surface area contributed by atoms with Crippen LogP contribution in [0.4, 0.5) is 10.1 Å². The summed E-state index contributed by atoms with van der Waals surface area (Å²) in [5.41, 5.74) is 2.47. The number of nitrogens with one attached hydrogen (secondary N) is 1. The number of carboxylic acids is 1. The van der Waals surface area contributed by atoms with Gasteiger partial charge in [0, 0.05) is 10.4 Å². The average Bonchev–Trinajstić information content (AvgIpc) is 2.41. The van der Waals surface area contributed by atoms with Gasteiger partial charge in [0.1, 0.15) is 5.82 Å². The van der Waals surface area contributed by atoms with Crippen LogP contribution in [0.1, 0.15) is 10.4 Å². The van der Waals surface area contributed by atoms with Crippen molar-refractivity contribution in [2.75, 3.05) is 5.32 Å². The lowest BCUT2D eigenvalue weighted by molar-refractivity contribution is 0.0698. The average molecular weight is 277 g/mol. The van der Waals surface area contributed by atoms with Crippen molar-refractivity contribution in [3.63, 3.8) is 0 Å². The normalized spacial score (nSPS) is 11.0. The molecule has 2 aromatic rings. The van der Waals surface area contributed by atoms with Gasteiger partial charge in [0.2, 0.25) is 0 Å². The van der Waals surface area contributed by atoms with Crippen LogP contribution in [0.25, 0.3) is 0 Å². The van der Waals surface area contributed by atoms with E-state index in [9.17, 15) is 9.18 Å². The smallest absolute Gasteiger partial charge is 0.337 e. The summed E-state index contributed by atoms with van der Waals surface area (Å²) in [5, 5.41) is 12.0. The maximum Gasteiger partial charge on any atom is 0.337 e. The van der Waals surface area contributed by atoms with Crippen LogP contribution in [0, 0.1) is 5.82 Å². The van der Waals surface area contributed by atoms with E-state index in [4.69, 9.17) is 5.11 Å². The monoisotopic (exact) mass is 277 g/mol. The van der Waals surface area contributed by atoms with Gasteiger partial charge in [-0.1, -0.05) is 12.1 Å². The van der Waals surface area contributed by atoms with Gasteiger partial charge in [-0.15, -0.1) is 0 Å². The van der Waals surface area contributed by atoms with E-state index in [1.807, 2.05) is 0 Å². The van der Waals surface area contributed by atoms with Gasteiger partial charge in [-0.25, -0.2) is 9.18 Å². The molecule has 98 valence electrons. The molecule has 3 nitrogen and oxygen atoms in total. The Morgan fingerprint density at radius 2 is 1.84 bits per heavy atom. The van der Waals surface area contributed by atoms with E-state index < -0.39 is 5.97 Å². The summed E-state index contributed by atoms with van der Waals surface area (Å²) in [6.45, 7) is 0. The summed E-state index contributed by atoms with van der Waals surface area (Å²) in [7, 11) is 0. The number of benzene rings is 2. The predicted molar refractivity (Wildman–Crippen MR) is 76.7 cm³/mol. The summed E-state index contributed by atoms with van der Waals surface area (Å²) in [4.78, 5) is 11.9. The molecule has 0 heterocycles. The van der Waals surface area contributed by atoms with Gasteiger partial charge in [0.15, 0.2) is 0 Å². The Kier molecular flexibility index (Phi) is 4.30. The Bertz CT molecular complexity index is 611. The van der Waals surface area contributed by atoms with E-state index in [1.165, 1.54) is 18.2 Å². The van der Waals surface area contributed by atoms with Crippen LogP contribution in [0.15, 0.2) is 53.4 Å². The number of hydrogen-bond acceptors (Lipinski definition) is 1. The molecule has 0 radical (unpaired) electrons. The van der Waals surface area contributed by atoms with Crippen molar-refractivity contribution in [2.45, 2.75) is 4.90 Å². The summed E-state index contributed by atoms with van der Waals surface area (Å²) < 4.78 is 12.7. The van der Waals surface area contributed by atoms with Crippen molar-refractivity contribution >= 4 is 28.5 Å². The second kappa shape index (κ2) is 6.15. The van der Waals surface area contributed by atoms with E-state index in [2.05, 4.69) is 5.32 Å². The molecule has 0 saturated carbocycles. The Morgan fingerprint density at radius 3 is 2.53 bits per heavy atom. The van der Waals surface area contributed by atoms with Crippen LogP contribution in [0.3, 0.4) is 0 Å². The van der Waals surface area contributed by atoms with Gasteiger partial charge in [0.05, 0.1) is 11.3 Å². The molecule has 2 rings (SSSR count). The fourth-order valence-electron chi connectivity index (χ4n) is 1.50. The van der Waals surface area contributed by atoms with Gasteiger partial charge in [-0.05, 0) is 36.4 Å². The Labute approximate surface area is 113 Å². The third-order valence-corrected chi connectivity index (χ3v) is 3.27.